The Morgan fingerprint density at radius 1 is 1.13 bits per heavy atom. The van der Waals surface area contributed by atoms with E-state index in [0.717, 1.165) is 23.5 Å². The van der Waals surface area contributed by atoms with Gasteiger partial charge in [-0.2, -0.15) is 0 Å². The van der Waals surface area contributed by atoms with Crippen molar-refractivity contribution in [2.24, 2.45) is 0 Å². The van der Waals surface area contributed by atoms with Crippen molar-refractivity contribution >= 4 is 29.1 Å². The number of aliphatic hydroxyl groups excluding tert-OH is 1. The molecule has 1 fully saturated rings. The first-order valence-corrected chi connectivity index (χ1v) is 10.9. The van der Waals surface area contributed by atoms with Gasteiger partial charge in [0.2, 0.25) is 0 Å². The number of hydrogen-bond acceptors (Lipinski definition) is 6. The van der Waals surface area contributed by atoms with Gasteiger partial charge in [-0.05, 0) is 23.1 Å². The molecule has 4 rings (SSSR count). The summed E-state index contributed by atoms with van der Waals surface area (Å²) in [5.74, 6) is -1.28. The number of rotatable bonds is 7. The van der Waals surface area contributed by atoms with Crippen molar-refractivity contribution in [1.29, 1.82) is 0 Å². The second-order valence-corrected chi connectivity index (χ2v) is 8.22. The molecule has 1 aromatic heterocycles. The van der Waals surface area contributed by atoms with Gasteiger partial charge in [0.15, 0.2) is 11.5 Å². The SMILES string of the molecule is O=C(/C=C/c1ccccc1)C1=C(O)C(=O)N(CCN2CCOCC2)C1c1cccs1. The highest BCUT2D eigenvalue weighted by molar-refractivity contribution is 7.10. The van der Waals surface area contributed by atoms with E-state index in [-0.39, 0.29) is 11.4 Å². The van der Waals surface area contributed by atoms with Gasteiger partial charge in [-0.3, -0.25) is 14.5 Å². The van der Waals surface area contributed by atoms with Crippen molar-refractivity contribution < 1.29 is 19.4 Å². The molecule has 1 N–H and O–H groups in total. The van der Waals surface area contributed by atoms with Gasteiger partial charge in [0.25, 0.3) is 5.91 Å². The first kappa shape index (κ1) is 20.5. The molecule has 1 aromatic carbocycles. The van der Waals surface area contributed by atoms with E-state index >= 15 is 0 Å². The lowest BCUT2D eigenvalue weighted by atomic mass is 10.0. The number of hydrogen-bond donors (Lipinski definition) is 1. The molecule has 1 atom stereocenters. The minimum absolute atomic E-state index is 0.150. The van der Waals surface area contributed by atoms with Crippen molar-refractivity contribution in [3.8, 4) is 0 Å². The summed E-state index contributed by atoms with van der Waals surface area (Å²) in [4.78, 5) is 30.6. The molecule has 0 spiro atoms. The minimum Gasteiger partial charge on any atom is -0.503 e. The molecule has 156 valence electrons. The van der Waals surface area contributed by atoms with Crippen molar-refractivity contribution in [2.45, 2.75) is 6.04 Å². The summed E-state index contributed by atoms with van der Waals surface area (Å²) in [5.41, 5.74) is 1.03. The molecule has 2 aromatic rings. The van der Waals surface area contributed by atoms with Gasteiger partial charge in [0.1, 0.15) is 0 Å². The van der Waals surface area contributed by atoms with Crippen molar-refractivity contribution in [3.63, 3.8) is 0 Å². The predicted molar refractivity (Wildman–Crippen MR) is 116 cm³/mol. The van der Waals surface area contributed by atoms with Gasteiger partial charge >= 0.3 is 0 Å². The van der Waals surface area contributed by atoms with E-state index in [0.29, 0.717) is 26.3 Å². The summed E-state index contributed by atoms with van der Waals surface area (Å²) in [6, 6.07) is 12.7. The number of nitrogens with zero attached hydrogens (tertiary/aromatic N) is 2. The summed E-state index contributed by atoms with van der Waals surface area (Å²) in [5, 5.41) is 12.5. The summed E-state index contributed by atoms with van der Waals surface area (Å²) in [6.07, 6.45) is 3.13. The lowest BCUT2D eigenvalue weighted by molar-refractivity contribution is -0.129. The molecule has 0 radical (unpaired) electrons. The Bertz CT molecular complexity index is 947. The van der Waals surface area contributed by atoms with Gasteiger partial charge in [-0.25, -0.2) is 0 Å². The molecule has 6 nitrogen and oxygen atoms in total. The van der Waals surface area contributed by atoms with Gasteiger partial charge < -0.3 is 14.7 Å². The number of ketones is 1. The summed E-state index contributed by atoms with van der Waals surface area (Å²) in [6.45, 7) is 4.10. The van der Waals surface area contributed by atoms with E-state index < -0.39 is 17.7 Å². The molecule has 0 saturated carbocycles. The van der Waals surface area contributed by atoms with Gasteiger partial charge in [-0.15, -0.1) is 11.3 Å². The molecule has 30 heavy (non-hydrogen) atoms. The van der Waals surface area contributed by atoms with Crippen LogP contribution < -0.4 is 0 Å². The third kappa shape index (κ3) is 4.38. The van der Waals surface area contributed by atoms with Crippen LogP contribution in [0.25, 0.3) is 6.08 Å². The average molecular weight is 425 g/mol. The van der Waals surface area contributed by atoms with Crippen LogP contribution in [0.2, 0.25) is 0 Å². The molecular weight excluding hydrogens is 400 g/mol. The minimum atomic E-state index is -0.563. The highest BCUT2D eigenvalue weighted by Crippen LogP contribution is 2.39. The zero-order valence-corrected chi connectivity index (χ0v) is 17.4. The maximum atomic E-state index is 13.0. The molecular formula is C23H24N2O4S. The molecule has 2 aliphatic heterocycles. The highest BCUT2D eigenvalue weighted by atomic mass is 32.1. The molecule has 2 aliphatic rings. The van der Waals surface area contributed by atoms with Crippen LogP contribution in [-0.4, -0.2) is 66.0 Å². The second kappa shape index (κ2) is 9.38. The van der Waals surface area contributed by atoms with E-state index in [4.69, 9.17) is 4.74 Å². The maximum absolute atomic E-state index is 13.0. The van der Waals surface area contributed by atoms with E-state index in [1.54, 1.807) is 11.0 Å². The summed E-state index contributed by atoms with van der Waals surface area (Å²) in [7, 11) is 0. The topological polar surface area (TPSA) is 70.1 Å². The van der Waals surface area contributed by atoms with Crippen LogP contribution >= 0.6 is 11.3 Å². The van der Waals surface area contributed by atoms with E-state index in [1.807, 2.05) is 47.8 Å². The molecule has 3 heterocycles. The molecule has 1 amide bonds. The normalized spacial score (nSPS) is 20.5. The maximum Gasteiger partial charge on any atom is 0.290 e. The van der Waals surface area contributed by atoms with E-state index in [2.05, 4.69) is 4.90 Å². The smallest absolute Gasteiger partial charge is 0.290 e. The fourth-order valence-corrected chi connectivity index (χ4v) is 4.62. The first-order valence-electron chi connectivity index (χ1n) is 10.00. The van der Waals surface area contributed by atoms with Gasteiger partial charge in [0.05, 0.1) is 24.8 Å². The van der Waals surface area contributed by atoms with Crippen LogP contribution in [0.3, 0.4) is 0 Å². The largest absolute Gasteiger partial charge is 0.503 e. The Kier molecular flexibility index (Phi) is 6.42. The van der Waals surface area contributed by atoms with E-state index in [9.17, 15) is 14.7 Å². The third-order valence-corrected chi connectivity index (χ3v) is 6.29. The van der Waals surface area contributed by atoms with Crippen LogP contribution in [0.4, 0.5) is 0 Å². The summed E-state index contributed by atoms with van der Waals surface area (Å²) >= 11 is 1.48. The molecule has 1 saturated heterocycles. The number of amides is 1. The van der Waals surface area contributed by atoms with E-state index in [1.165, 1.54) is 17.4 Å². The number of aliphatic hydroxyl groups is 1. The van der Waals surface area contributed by atoms with Crippen LogP contribution in [0.5, 0.6) is 0 Å². The number of carbonyl (C=O) groups excluding carboxylic acids is 2. The van der Waals surface area contributed by atoms with Crippen LogP contribution in [0.15, 0.2) is 65.3 Å². The Hall–Kier alpha value is -2.74. The highest BCUT2D eigenvalue weighted by Gasteiger charge is 2.43. The number of carbonyl (C=O) groups is 2. The Balaban J connectivity index is 1.57. The Morgan fingerprint density at radius 2 is 1.90 bits per heavy atom. The number of morpholine rings is 1. The fraction of sp³-hybridized carbons (Fsp3) is 0.304. The third-order valence-electron chi connectivity index (χ3n) is 5.37. The van der Waals surface area contributed by atoms with Gasteiger partial charge in [0, 0.05) is 31.1 Å². The van der Waals surface area contributed by atoms with Crippen LogP contribution in [-0.2, 0) is 14.3 Å². The van der Waals surface area contributed by atoms with Crippen molar-refractivity contribution in [3.05, 3.63) is 75.7 Å². The van der Waals surface area contributed by atoms with Crippen LogP contribution in [0, 0.1) is 0 Å². The quantitative estimate of drug-likeness (QED) is 0.692. The predicted octanol–water partition coefficient (Wildman–Crippen LogP) is 3.06. The van der Waals surface area contributed by atoms with Crippen molar-refractivity contribution in [1.82, 2.24) is 9.80 Å². The molecule has 1 unspecified atom stereocenters. The Morgan fingerprint density at radius 3 is 2.60 bits per heavy atom. The second-order valence-electron chi connectivity index (χ2n) is 7.24. The lowest BCUT2D eigenvalue weighted by Gasteiger charge is -2.31. The average Bonchev–Trinajstić information content (AvgIpc) is 3.39. The number of thiophene rings is 1. The standard InChI is InChI=1S/C23H24N2O4S/c26-18(9-8-17-5-2-1-3-6-17)20-21(19-7-4-16-30-19)25(23(28)22(20)27)11-10-24-12-14-29-15-13-24/h1-9,16,21,27H,10-15H2/b9-8+. The fourth-order valence-electron chi connectivity index (χ4n) is 3.78. The zero-order valence-electron chi connectivity index (χ0n) is 16.6. The monoisotopic (exact) mass is 424 g/mol. The molecule has 0 aliphatic carbocycles. The number of allylic oxidation sites excluding steroid dienone is 1. The zero-order chi connectivity index (χ0) is 20.9. The number of benzene rings is 1. The Labute approximate surface area is 179 Å². The first-order chi connectivity index (χ1) is 14.6. The van der Waals surface area contributed by atoms with Crippen molar-refractivity contribution in [2.75, 3.05) is 39.4 Å². The lowest BCUT2D eigenvalue weighted by Crippen LogP contribution is -2.43. The number of ether oxygens (including phenoxy) is 1. The van der Waals surface area contributed by atoms with Gasteiger partial charge in [-0.1, -0.05) is 42.5 Å². The van der Waals surface area contributed by atoms with Crippen LogP contribution in [0.1, 0.15) is 16.5 Å². The summed E-state index contributed by atoms with van der Waals surface area (Å²) < 4.78 is 5.38. The molecule has 0 bridgehead atoms. The molecule has 7 heteroatoms.